The highest BCUT2D eigenvalue weighted by atomic mass is 35.5. The van der Waals surface area contributed by atoms with E-state index in [-0.39, 0.29) is 36.1 Å². The molecule has 1 N–H and O–H groups in total. The molecule has 2 aliphatic rings. The number of benzene rings is 3. The number of para-hydroxylation sites is 2. The van der Waals surface area contributed by atoms with E-state index >= 15 is 0 Å². The van der Waals surface area contributed by atoms with E-state index in [0.717, 1.165) is 11.3 Å². The quantitative estimate of drug-likeness (QED) is 0.323. The highest BCUT2D eigenvalue weighted by Gasteiger charge is 2.41. The average Bonchev–Trinajstić information content (AvgIpc) is 3.03. The largest absolute Gasteiger partial charge is 0.357 e. The van der Waals surface area contributed by atoms with Crippen LogP contribution in [0, 0.1) is 10.1 Å². The number of nitro benzene ring substituents is 1. The lowest BCUT2D eigenvalue weighted by molar-refractivity contribution is -0.384. The van der Waals surface area contributed by atoms with Gasteiger partial charge in [-0.15, -0.1) is 0 Å². The first-order chi connectivity index (χ1) is 17.4. The number of ketones is 1. The number of hydrogen-bond donors (Lipinski definition) is 1. The minimum Gasteiger partial charge on any atom is -0.357 e. The van der Waals surface area contributed by atoms with Crippen molar-refractivity contribution in [1.82, 2.24) is 0 Å². The Morgan fingerprint density at radius 1 is 1.06 bits per heavy atom. The molecule has 8 heteroatoms. The molecule has 0 unspecified atom stereocenters. The SMILES string of the molecule is CCC(=O)N1c2ccccc2NC2=C(C(=O)C[C@H](c3ccc(Cl)cc3)C2)[C@H]1c1cccc([N+](=O)[O-])c1. The third-order valence-corrected chi connectivity index (χ3v) is 7.05. The van der Waals surface area contributed by atoms with Gasteiger partial charge in [-0.2, -0.15) is 0 Å². The molecule has 0 radical (unpaired) electrons. The highest BCUT2D eigenvalue weighted by Crippen LogP contribution is 2.47. The van der Waals surface area contributed by atoms with Crippen molar-refractivity contribution in [2.24, 2.45) is 0 Å². The Balaban J connectivity index is 1.72. The van der Waals surface area contributed by atoms with Gasteiger partial charge in [-0.05, 0) is 47.7 Å². The Kier molecular flexibility index (Phi) is 6.33. The summed E-state index contributed by atoms with van der Waals surface area (Å²) in [5, 5.41) is 15.6. The van der Waals surface area contributed by atoms with E-state index in [9.17, 15) is 19.7 Å². The van der Waals surface area contributed by atoms with Crippen molar-refractivity contribution < 1.29 is 14.5 Å². The first kappa shape index (κ1) is 23.8. The smallest absolute Gasteiger partial charge is 0.269 e. The molecule has 1 aliphatic carbocycles. The number of hydrogen-bond acceptors (Lipinski definition) is 5. The second-order valence-electron chi connectivity index (χ2n) is 8.99. The summed E-state index contributed by atoms with van der Waals surface area (Å²) >= 11 is 6.08. The Morgan fingerprint density at radius 2 is 1.81 bits per heavy atom. The fraction of sp³-hybridized carbons (Fsp3) is 0.214. The third-order valence-electron chi connectivity index (χ3n) is 6.80. The summed E-state index contributed by atoms with van der Waals surface area (Å²) in [5.74, 6) is -0.337. The van der Waals surface area contributed by atoms with E-state index in [0.29, 0.717) is 34.0 Å². The Labute approximate surface area is 213 Å². The molecule has 0 bridgehead atoms. The van der Waals surface area contributed by atoms with Crippen molar-refractivity contribution in [2.75, 3.05) is 10.2 Å². The van der Waals surface area contributed by atoms with Crippen LogP contribution in [0.15, 0.2) is 84.1 Å². The van der Waals surface area contributed by atoms with Crippen molar-refractivity contribution in [3.8, 4) is 0 Å². The summed E-state index contributed by atoms with van der Waals surface area (Å²) in [6.07, 6.45) is 1.03. The molecule has 0 aromatic heterocycles. The van der Waals surface area contributed by atoms with Gasteiger partial charge in [0.15, 0.2) is 5.78 Å². The molecular formula is C28H24ClN3O4. The number of nitrogens with zero attached hydrogens (tertiary/aromatic N) is 2. The zero-order valence-electron chi connectivity index (χ0n) is 19.6. The number of carbonyl (C=O) groups excluding carboxylic acids is 2. The number of halogens is 1. The van der Waals surface area contributed by atoms with Crippen LogP contribution in [0.25, 0.3) is 0 Å². The van der Waals surface area contributed by atoms with Crippen LogP contribution in [0.4, 0.5) is 17.1 Å². The van der Waals surface area contributed by atoms with E-state index in [1.807, 2.05) is 48.5 Å². The number of nitrogens with one attached hydrogen (secondary N) is 1. The zero-order chi connectivity index (χ0) is 25.4. The monoisotopic (exact) mass is 501 g/mol. The van der Waals surface area contributed by atoms with E-state index < -0.39 is 11.0 Å². The molecule has 0 spiro atoms. The van der Waals surface area contributed by atoms with Gasteiger partial charge in [-0.25, -0.2) is 0 Å². The van der Waals surface area contributed by atoms with Crippen LogP contribution in [0.5, 0.6) is 0 Å². The van der Waals surface area contributed by atoms with E-state index in [4.69, 9.17) is 11.6 Å². The number of anilines is 2. The number of non-ortho nitro benzene ring substituents is 1. The van der Waals surface area contributed by atoms with E-state index in [1.54, 1.807) is 24.0 Å². The van der Waals surface area contributed by atoms with Crippen LogP contribution in [-0.4, -0.2) is 16.6 Å². The minimum atomic E-state index is -0.790. The van der Waals surface area contributed by atoms with Crippen LogP contribution in [-0.2, 0) is 9.59 Å². The van der Waals surface area contributed by atoms with Gasteiger partial charge in [-0.3, -0.25) is 24.6 Å². The Morgan fingerprint density at radius 3 is 2.53 bits per heavy atom. The van der Waals surface area contributed by atoms with Crippen LogP contribution >= 0.6 is 11.6 Å². The summed E-state index contributed by atoms with van der Waals surface area (Å²) in [4.78, 5) is 40.0. The number of rotatable bonds is 4. The molecule has 0 saturated heterocycles. The maximum atomic E-state index is 13.8. The molecule has 3 aromatic rings. The Hall–Kier alpha value is -3.97. The number of nitro groups is 1. The fourth-order valence-electron chi connectivity index (χ4n) is 5.13. The predicted octanol–water partition coefficient (Wildman–Crippen LogP) is 6.56. The second-order valence-corrected chi connectivity index (χ2v) is 9.42. The topological polar surface area (TPSA) is 92.6 Å². The molecule has 3 aromatic carbocycles. The van der Waals surface area contributed by atoms with Crippen LogP contribution < -0.4 is 10.2 Å². The first-order valence-electron chi connectivity index (χ1n) is 11.8. The predicted molar refractivity (Wildman–Crippen MR) is 139 cm³/mol. The normalized spacial score (nSPS) is 19.2. The van der Waals surface area contributed by atoms with Gasteiger partial charge in [0.25, 0.3) is 5.69 Å². The van der Waals surface area contributed by atoms with E-state index in [2.05, 4.69) is 5.32 Å². The Bertz CT molecular complexity index is 1400. The molecule has 7 nitrogen and oxygen atoms in total. The first-order valence-corrected chi connectivity index (χ1v) is 12.2. The number of carbonyl (C=O) groups is 2. The summed E-state index contributed by atoms with van der Waals surface area (Å²) in [7, 11) is 0. The minimum absolute atomic E-state index is 0.0626. The number of allylic oxidation sites excluding steroid dienone is 1. The number of fused-ring (bicyclic) bond motifs is 1. The maximum Gasteiger partial charge on any atom is 0.269 e. The van der Waals surface area contributed by atoms with Gasteiger partial charge in [0.2, 0.25) is 5.91 Å². The lowest BCUT2D eigenvalue weighted by Gasteiger charge is -2.35. The van der Waals surface area contributed by atoms with Gasteiger partial charge in [0.05, 0.1) is 22.3 Å². The average molecular weight is 502 g/mol. The maximum absolute atomic E-state index is 13.8. The molecular weight excluding hydrogens is 478 g/mol. The lowest BCUT2D eigenvalue weighted by Crippen LogP contribution is -2.38. The highest BCUT2D eigenvalue weighted by molar-refractivity contribution is 6.30. The van der Waals surface area contributed by atoms with Crippen molar-refractivity contribution in [3.63, 3.8) is 0 Å². The van der Waals surface area contributed by atoms with Crippen LogP contribution in [0.3, 0.4) is 0 Å². The van der Waals surface area contributed by atoms with Gasteiger partial charge in [0.1, 0.15) is 0 Å². The molecule has 0 saturated carbocycles. The molecule has 182 valence electrons. The van der Waals surface area contributed by atoms with Gasteiger partial charge in [0, 0.05) is 41.3 Å². The van der Waals surface area contributed by atoms with Crippen molar-refractivity contribution in [2.45, 2.75) is 38.1 Å². The van der Waals surface area contributed by atoms with Gasteiger partial charge in [-0.1, -0.05) is 54.9 Å². The standard InChI is InChI=1S/C28H24ClN3O4/c1-2-26(34)31-24-9-4-3-8-22(24)30-23-15-19(17-10-12-20(29)13-11-17)16-25(33)27(23)28(31)18-6-5-7-21(14-18)32(35)36/h3-14,19,28,30H,2,15-16H2,1H3/t19-,28-/m1/s1. The molecule has 2 atom stereocenters. The summed E-state index contributed by atoms with van der Waals surface area (Å²) < 4.78 is 0. The number of Topliss-reactive ketones (excluding diaryl/α,β-unsaturated/α-hetero) is 1. The molecule has 36 heavy (non-hydrogen) atoms. The van der Waals surface area contributed by atoms with E-state index in [1.165, 1.54) is 12.1 Å². The van der Waals surface area contributed by atoms with Crippen LogP contribution in [0.2, 0.25) is 5.02 Å². The van der Waals surface area contributed by atoms with Crippen molar-refractivity contribution in [1.29, 1.82) is 0 Å². The molecule has 1 heterocycles. The van der Waals surface area contributed by atoms with Gasteiger partial charge >= 0.3 is 0 Å². The molecule has 1 amide bonds. The summed E-state index contributed by atoms with van der Waals surface area (Å²) in [6, 6.07) is 20.3. The van der Waals surface area contributed by atoms with Crippen molar-refractivity contribution in [3.05, 3.63) is 110 Å². The summed E-state index contributed by atoms with van der Waals surface area (Å²) in [6.45, 7) is 1.77. The zero-order valence-corrected chi connectivity index (χ0v) is 20.4. The van der Waals surface area contributed by atoms with Gasteiger partial charge < -0.3 is 5.32 Å². The lowest BCUT2D eigenvalue weighted by atomic mass is 9.78. The summed E-state index contributed by atoms with van der Waals surface area (Å²) in [5.41, 5.74) is 3.98. The van der Waals surface area contributed by atoms with Crippen molar-refractivity contribution >= 4 is 40.4 Å². The molecule has 1 aliphatic heterocycles. The number of amides is 1. The molecule has 0 fully saturated rings. The van der Waals surface area contributed by atoms with Crippen LogP contribution in [0.1, 0.15) is 49.3 Å². The molecule has 5 rings (SSSR count). The third kappa shape index (κ3) is 4.27. The second kappa shape index (κ2) is 9.59. The fourth-order valence-corrected chi connectivity index (χ4v) is 5.26.